The molecule has 4 nitrogen and oxygen atoms in total. The van der Waals surface area contributed by atoms with Crippen molar-refractivity contribution in [3.63, 3.8) is 0 Å². The van der Waals surface area contributed by atoms with Gasteiger partial charge in [0.1, 0.15) is 0 Å². The maximum absolute atomic E-state index is 12.5. The van der Waals surface area contributed by atoms with Gasteiger partial charge in [0.05, 0.1) is 11.3 Å². The summed E-state index contributed by atoms with van der Waals surface area (Å²) >= 11 is 3.42. The number of nitrogens with one attached hydrogen (secondary N) is 1. The van der Waals surface area contributed by atoms with Gasteiger partial charge in [-0.1, -0.05) is 28.1 Å². The van der Waals surface area contributed by atoms with E-state index in [1.807, 2.05) is 38.1 Å². The van der Waals surface area contributed by atoms with Crippen molar-refractivity contribution in [2.24, 2.45) is 5.92 Å². The van der Waals surface area contributed by atoms with Gasteiger partial charge in [0, 0.05) is 10.5 Å². The minimum absolute atomic E-state index is 0.0370. The Morgan fingerprint density at radius 3 is 2.62 bits per heavy atom. The first-order valence-electron chi connectivity index (χ1n) is 7.10. The normalized spacial score (nSPS) is 22.0. The van der Waals surface area contributed by atoms with E-state index in [0.717, 1.165) is 16.5 Å². The number of carboxylic acids is 1. The lowest BCUT2D eigenvalue weighted by Gasteiger charge is -2.26. The molecule has 0 saturated heterocycles. The van der Waals surface area contributed by atoms with Crippen LogP contribution in [0.15, 0.2) is 28.7 Å². The monoisotopic (exact) mass is 353 g/mol. The van der Waals surface area contributed by atoms with Crippen LogP contribution in [0.4, 0.5) is 0 Å². The second kappa shape index (κ2) is 6.18. The van der Waals surface area contributed by atoms with Crippen molar-refractivity contribution in [3.8, 4) is 0 Å². The Balaban J connectivity index is 2.04. The summed E-state index contributed by atoms with van der Waals surface area (Å²) in [6, 6.07) is 7.66. The topological polar surface area (TPSA) is 66.4 Å². The van der Waals surface area contributed by atoms with Crippen LogP contribution in [-0.4, -0.2) is 23.0 Å². The maximum atomic E-state index is 12.5. The van der Waals surface area contributed by atoms with E-state index in [2.05, 4.69) is 21.2 Å². The quantitative estimate of drug-likeness (QED) is 0.873. The molecule has 114 valence electrons. The molecule has 0 spiro atoms. The third-order valence-corrected chi connectivity index (χ3v) is 4.72. The van der Waals surface area contributed by atoms with Crippen molar-refractivity contribution in [1.82, 2.24) is 5.32 Å². The first kappa shape index (κ1) is 16.0. The van der Waals surface area contributed by atoms with Crippen molar-refractivity contribution in [2.75, 3.05) is 0 Å². The molecule has 1 amide bonds. The van der Waals surface area contributed by atoms with Gasteiger partial charge in [0.15, 0.2) is 0 Å². The number of hydrogen-bond acceptors (Lipinski definition) is 2. The zero-order chi connectivity index (χ0) is 15.6. The van der Waals surface area contributed by atoms with Gasteiger partial charge in [0.2, 0.25) is 5.91 Å². The maximum Gasteiger partial charge on any atom is 0.306 e. The number of rotatable bonds is 4. The molecule has 2 N–H and O–H groups in total. The lowest BCUT2D eigenvalue weighted by atomic mass is 9.83. The molecular formula is C16H20BrNO3. The van der Waals surface area contributed by atoms with Crippen LogP contribution in [0.5, 0.6) is 0 Å². The standard InChI is InChI=1S/C16H20BrNO3/c1-16(2,11-4-3-5-12(17)9-11)15(21)18-13-7-6-10(8-13)14(19)20/h3-5,9-10,13H,6-8H2,1-2H3,(H,18,21)(H,19,20)/t10-,13+/m0/s1. The number of halogens is 1. The molecule has 0 heterocycles. The van der Waals surface area contributed by atoms with E-state index in [9.17, 15) is 9.59 Å². The molecule has 0 radical (unpaired) electrons. The lowest BCUT2D eigenvalue weighted by molar-refractivity contribution is -0.141. The molecule has 0 unspecified atom stereocenters. The molecule has 5 heteroatoms. The molecule has 2 atom stereocenters. The van der Waals surface area contributed by atoms with Gasteiger partial charge >= 0.3 is 5.97 Å². The first-order valence-corrected chi connectivity index (χ1v) is 7.90. The minimum Gasteiger partial charge on any atom is -0.481 e. The SMILES string of the molecule is CC(C)(C(=O)N[C@@H]1CC[C@H](C(=O)O)C1)c1cccc(Br)c1. The molecule has 1 aromatic rings. The average Bonchev–Trinajstić information content (AvgIpc) is 2.87. The Kier molecular flexibility index (Phi) is 4.71. The summed E-state index contributed by atoms with van der Waals surface area (Å²) in [6.07, 6.45) is 1.89. The van der Waals surface area contributed by atoms with Crippen LogP contribution >= 0.6 is 15.9 Å². The van der Waals surface area contributed by atoms with E-state index < -0.39 is 11.4 Å². The molecule has 21 heavy (non-hydrogen) atoms. The van der Waals surface area contributed by atoms with E-state index in [1.165, 1.54) is 0 Å². The number of carbonyl (C=O) groups is 2. The smallest absolute Gasteiger partial charge is 0.306 e. The highest BCUT2D eigenvalue weighted by atomic mass is 79.9. The van der Waals surface area contributed by atoms with Crippen LogP contribution in [0.3, 0.4) is 0 Å². The fourth-order valence-electron chi connectivity index (χ4n) is 2.71. The third-order valence-electron chi connectivity index (χ3n) is 4.23. The van der Waals surface area contributed by atoms with E-state index in [4.69, 9.17) is 5.11 Å². The van der Waals surface area contributed by atoms with Crippen LogP contribution in [0.1, 0.15) is 38.7 Å². The second-order valence-corrected chi connectivity index (χ2v) is 7.07. The summed E-state index contributed by atoms with van der Waals surface area (Å²) in [6.45, 7) is 3.77. The molecule has 0 bridgehead atoms. The zero-order valence-corrected chi connectivity index (χ0v) is 13.8. The number of aliphatic carboxylic acids is 1. The van der Waals surface area contributed by atoms with Crippen LogP contribution in [0.25, 0.3) is 0 Å². The molecular weight excluding hydrogens is 334 g/mol. The van der Waals surface area contributed by atoms with Crippen LogP contribution in [0.2, 0.25) is 0 Å². The zero-order valence-electron chi connectivity index (χ0n) is 12.2. The fourth-order valence-corrected chi connectivity index (χ4v) is 3.11. The predicted molar refractivity (Wildman–Crippen MR) is 84.1 cm³/mol. The molecule has 1 fully saturated rings. The number of hydrogen-bond donors (Lipinski definition) is 2. The van der Waals surface area contributed by atoms with Crippen LogP contribution < -0.4 is 5.32 Å². The second-order valence-electron chi connectivity index (χ2n) is 6.15. The lowest BCUT2D eigenvalue weighted by Crippen LogP contribution is -2.44. The largest absolute Gasteiger partial charge is 0.481 e. The molecule has 0 aliphatic heterocycles. The number of benzene rings is 1. The summed E-state index contributed by atoms with van der Waals surface area (Å²) in [4.78, 5) is 23.5. The van der Waals surface area contributed by atoms with Crippen molar-refractivity contribution < 1.29 is 14.7 Å². The highest BCUT2D eigenvalue weighted by molar-refractivity contribution is 9.10. The highest BCUT2D eigenvalue weighted by Crippen LogP contribution is 2.29. The van der Waals surface area contributed by atoms with Gasteiger partial charge in [-0.2, -0.15) is 0 Å². The fraction of sp³-hybridized carbons (Fsp3) is 0.500. The van der Waals surface area contributed by atoms with Gasteiger partial charge in [-0.15, -0.1) is 0 Å². The first-order chi connectivity index (χ1) is 9.80. The van der Waals surface area contributed by atoms with Gasteiger partial charge in [-0.25, -0.2) is 0 Å². The van der Waals surface area contributed by atoms with E-state index in [-0.39, 0.29) is 17.9 Å². The molecule has 1 aliphatic rings. The van der Waals surface area contributed by atoms with Crippen molar-refractivity contribution in [2.45, 2.75) is 44.6 Å². The number of amides is 1. The van der Waals surface area contributed by atoms with E-state index >= 15 is 0 Å². The van der Waals surface area contributed by atoms with Gasteiger partial charge in [0.25, 0.3) is 0 Å². The van der Waals surface area contributed by atoms with Crippen molar-refractivity contribution >= 4 is 27.8 Å². The van der Waals surface area contributed by atoms with E-state index in [0.29, 0.717) is 12.8 Å². The summed E-state index contributed by atoms with van der Waals surface area (Å²) in [5, 5.41) is 12.0. The highest BCUT2D eigenvalue weighted by Gasteiger charge is 2.35. The third kappa shape index (κ3) is 3.64. The predicted octanol–water partition coefficient (Wildman–Crippen LogP) is 3.10. The Morgan fingerprint density at radius 2 is 2.05 bits per heavy atom. The van der Waals surface area contributed by atoms with Gasteiger partial charge in [-0.05, 0) is 50.8 Å². The molecule has 1 aromatic carbocycles. The van der Waals surface area contributed by atoms with Gasteiger partial charge in [-0.3, -0.25) is 9.59 Å². The number of carboxylic acid groups (broad SMARTS) is 1. The van der Waals surface area contributed by atoms with Crippen molar-refractivity contribution in [3.05, 3.63) is 34.3 Å². The van der Waals surface area contributed by atoms with Crippen LogP contribution in [0, 0.1) is 5.92 Å². The molecule has 0 aromatic heterocycles. The van der Waals surface area contributed by atoms with E-state index in [1.54, 1.807) is 0 Å². The number of carbonyl (C=O) groups excluding carboxylic acids is 1. The molecule has 2 rings (SSSR count). The Morgan fingerprint density at radius 1 is 1.33 bits per heavy atom. The van der Waals surface area contributed by atoms with Crippen LogP contribution in [-0.2, 0) is 15.0 Å². The van der Waals surface area contributed by atoms with Crippen molar-refractivity contribution in [1.29, 1.82) is 0 Å². The van der Waals surface area contributed by atoms with Gasteiger partial charge < -0.3 is 10.4 Å². The Hall–Kier alpha value is -1.36. The average molecular weight is 354 g/mol. The summed E-state index contributed by atoms with van der Waals surface area (Å²) < 4.78 is 0.938. The Bertz CT molecular complexity index is 556. The summed E-state index contributed by atoms with van der Waals surface area (Å²) in [5.41, 5.74) is 0.285. The Labute approximate surface area is 133 Å². The molecule has 1 aliphatic carbocycles. The summed E-state index contributed by atoms with van der Waals surface area (Å²) in [5.74, 6) is -1.15. The summed E-state index contributed by atoms with van der Waals surface area (Å²) in [7, 11) is 0. The minimum atomic E-state index is -0.766. The molecule has 1 saturated carbocycles.